The maximum atomic E-state index is 13.3. The Labute approximate surface area is 104 Å². The summed E-state index contributed by atoms with van der Waals surface area (Å²) in [5, 5.41) is 0. The van der Waals surface area contributed by atoms with Crippen LogP contribution in [0, 0.1) is 5.82 Å². The number of hydrogen-bond acceptors (Lipinski definition) is 2. The zero-order valence-electron chi connectivity index (χ0n) is 10.2. The van der Waals surface area contributed by atoms with Gasteiger partial charge in [0.25, 0.3) is 0 Å². The molecule has 1 aromatic rings. The van der Waals surface area contributed by atoms with Gasteiger partial charge in [0, 0.05) is 23.9 Å². The van der Waals surface area contributed by atoms with Crippen LogP contribution in [-0.4, -0.2) is 13.0 Å². The predicted octanol–water partition coefficient (Wildman–Crippen LogP) is 3.20. The van der Waals surface area contributed by atoms with Gasteiger partial charge < -0.3 is 10.5 Å². The molecule has 1 aliphatic rings. The Morgan fingerprint density at radius 3 is 2.33 bits per heavy atom. The molecule has 1 aromatic carbocycles. The highest BCUT2D eigenvalue weighted by Crippen LogP contribution is 2.44. The minimum absolute atomic E-state index is 0.125. The van der Waals surface area contributed by atoms with E-state index in [2.05, 4.69) is 0 Å². The van der Waals surface area contributed by atoms with E-state index in [0.29, 0.717) is 11.3 Å². The molecule has 0 amide bonds. The van der Waals surface area contributed by atoms with Gasteiger partial charge in [0.15, 0.2) is 0 Å². The second-order valence-electron chi connectivity index (χ2n) is 4.86. The quantitative estimate of drug-likeness (QED) is 0.885. The number of halogens is 3. The van der Waals surface area contributed by atoms with Crippen LogP contribution < -0.4 is 10.5 Å². The molecule has 2 nitrogen and oxygen atoms in total. The molecule has 0 atom stereocenters. The van der Waals surface area contributed by atoms with Gasteiger partial charge in [-0.05, 0) is 31.0 Å². The van der Waals surface area contributed by atoms with E-state index in [0.717, 1.165) is 0 Å². The molecule has 0 radical (unpaired) electrons. The number of ether oxygens (including phenoxy) is 1. The molecular weight excluding hydrogens is 243 g/mol. The van der Waals surface area contributed by atoms with Crippen molar-refractivity contribution < 1.29 is 17.9 Å². The number of alkyl halides is 2. The highest BCUT2D eigenvalue weighted by Gasteiger charge is 2.43. The first-order valence-corrected chi connectivity index (χ1v) is 5.87. The monoisotopic (exact) mass is 259 g/mol. The molecule has 100 valence electrons. The van der Waals surface area contributed by atoms with Crippen molar-refractivity contribution in [2.45, 2.75) is 37.1 Å². The average Bonchev–Trinajstić information content (AvgIpc) is 2.33. The summed E-state index contributed by atoms with van der Waals surface area (Å²) in [5.74, 6) is -2.65. The first-order chi connectivity index (χ1) is 8.36. The van der Waals surface area contributed by atoms with Crippen molar-refractivity contribution in [2.24, 2.45) is 5.73 Å². The molecule has 2 N–H and O–H groups in total. The second kappa shape index (κ2) is 4.46. The van der Waals surface area contributed by atoms with Gasteiger partial charge in [0.2, 0.25) is 5.92 Å². The number of methoxy groups -OCH3 is 1. The maximum Gasteiger partial charge on any atom is 0.248 e. The SMILES string of the molecule is COc1ccc(F)cc1C1(N)CCC(F)(F)CC1. The minimum atomic E-state index is -2.66. The molecular formula is C13H16F3NO. The van der Waals surface area contributed by atoms with Crippen LogP contribution in [0.15, 0.2) is 18.2 Å². The molecule has 1 fully saturated rings. The van der Waals surface area contributed by atoms with Crippen LogP contribution in [0.1, 0.15) is 31.2 Å². The molecule has 18 heavy (non-hydrogen) atoms. The van der Waals surface area contributed by atoms with Gasteiger partial charge in [0.1, 0.15) is 11.6 Å². The molecule has 0 unspecified atom stereocenters. The number of hydrogen-bond donors (Lipinski definition) is 1. The van der Waals surface area contributed by atoms with E-state index in [9.17, 15) is 13.2 Å². The fourth-order valence-electron chi connectivity index (χ4n) is 2.40. The van der Waals surface area contributed by atoms with Crippen LogP contribution >= 0.6 is 0 Å². The molecule has 1 aliphatic carbocycles. The lowest BCUT2D eigenvalue weighted by Gasteiger charge is -2.38. The van der Waals surface area contributed by atoms with E-state index in [1.807, 2.05) is 0 Å². The van der Waals surface area contributed by atoms with Crippen LogP contribution in [0.3, 0.4) is 0 Å². The summed E-state index contributed by atoms with van der Waals surface area (Å²) in [5.41, 5.74) is 5.70. The Hall–Kier alpha value is -1.23. The summed E-state index contributed by atoms with van der Waals surface area (Å²) < 4.78 is 44.8. The number of benzene rings is 1. The molecule has 2 rings (SSSR count). The highest BCUT2D eigenvalue weighted by molar-refractivity contribution is 5.40. The Morgan fingerprint density at radius 1 is 1.17 bits per heavy atom. The zero-order valence-corrected chi connectivity index (χ0v) is 10.2. The maximum absolute atomic E-state index is 13.3. The minimum Gasteiger partial charge on any atom is -0.496 e. The summed E-state index contributed by atoms with van der Waals surface area (Å²) in [6, 6.07) is 4.03. The first kappa shape index (κ1) is 13.2. The third-order valence-corrected chi connectivity index (χ3v) is 3.57. The van der Waals surface area contributed by atoms with Crippen LogP contribution in [0.4, 0.5) is 13.2 Å². The second-order valence-corrected chi connectivity index (χ2v) is 4.86. The van der Waals surface area contributed by atoms with Crippen molar-refractivity contribution in [3.05, 3.63) is 29.6 Å². The fourth-order valence-corrected chi connectivity index (χ4v) is 2.40. The van der Waals surface area contributed by atoms with Gasteiger partial charge in [-0.25, -0.2) is 13.2 Å². The molecule has 0 saturated heterocycles. The van der Waals surface area contributed by atoms with Crippen LogP contribution in [0.2, 0.25) is 0 Å². The molecule has 0 spiro atoms. The summed E-state index contributed by atoms with van der Waals surface area (Å²) in [6.07, 6.45) is -0.300. The lowest BCUT2D eigenvalue weighted by molar-refractivity contribution is -0.0516. The van der Waals surface area contributed by atoms with Crippen molar-refractivity contribution in [1.82, 2.24) is 0 Å². The lowest BCUT2D eigenvalue weighted by atomic mass is 9.75. The Balaban J connectivity index is 2.33. The van der Waals surface area contributed by atoms with Crippen LogP contribution in [0.25, 0.3) is 0 Å². The van der Waals surface area contributed by atoms with E-state index < -0.39 is 17.3 Å². The van der Waals surface area contributed by atoms with Gasteiger partial charge in [0.05, 0.1) is 7.11 Å². The molecule has 0 aliphatic heterocycles. The van der Waals surface area contributed by atoms with E-state index in [-0.39, 0.29) is 25.7 Å². The third kappa shape index (κ3) is 2.46. The third-order valence-electron chi connectivity index (χ3n) is 3.57. The fraction of sp³-hybridized carbons (Fsp3) is 0.538. The van der Waals surface area contributed by atoms with E-state index in [1.165, 1.54) is 25.3 Å². The van der Waals surface area contributed by atoms with Crippen molar-refractivity contribution in [3.63, 3.8) is 0 Å². The smallest absolute Gasteiger partial charge is 0.248 e. The largest absolute Gasteiger partial charge is 0.496 e. The lowest BCUT2D eigenvalue weighted by Crippen LogP contribution is -2.43. The average molecular weight is 259 g/mol. The van der Waals surface area contributed by atoms with Crippen molar-refractivity contribution in [1.29, 1.82) is 0 Å². The van der Waals surface area contributed by atoms with Crippen LogP contribution in [-0.2, 0) is 5.54 Å². The normalized spacial score (nSPS) is 21.6. The first-order valence-electron chi connectivity index (χ1n) is 5.87. The highest BCUT2D eigenvalue weighted by atomic mass is 19.3. The van der Waals surface area contributed by atoms with Crippen molar-refractivity contribution >= 4 is 0 Å². The Bertz CT molecular complexity index is 438. The number of nitrogens with two attached hydrogens (primary N) is 1. The molecule has 5 heteroatoms. The Morgan fingerprint density at radius 2 is 1.78 bits per heavy atom. The molecule has 0 bridgehead atoms. The predicted molar refractivity (Wildman–Crippen MR) is 62.2 cm³/mol. The number of rotatable bonds is 2. The van der Waals surface area contributed by atoms with E-state index in [1.54, 1.807) is 0 Å². The molecule has 0 heterocycles. The van der Waals surface area contributed by atoms with Gasteiger partial charge in [-0.1, -0.05) is 0 Å². The Kier molecular flexibility index (Phi) is 3.27. The summed E-state index contributed by atoms with van der Waals surface area (Å²) in [4.78, 5) is 0. The summed E-state index contributed by atoms with van der Waals surface area (Å²) in [6.45, 7) is 0. The van der Waals surface area contributed by atoms with E-state index >= 15 is 0 Å². The van der Waals surface area contributed by atoms with Crippen LogP contribution in [0.5, 0.6) is 5.75 Å². The summed E-state index contributed by atoms with van der Waals surface area (Å²) in [7, 11) is 1.46. The zero-order chi connectivity index (χ0) is 13.4. The standard InChI is InChI=1S/C13H16F3NO/c1-18-11-3-2-9(14)8-10(11)12(17)4-6-13(15,16)7-5-12/h2-3,8H,4-7,17H2,1H3. The van der Waals surface area contributed by atoms with E-state index in [4.69, 9.17) is 10.5 Å². The van der Waals surface area contributed by atoms with Crippen molar-refractivity contribution in [3.8, 4) is 5.75 Å². The molecule has 1 saturated carbocycles. The summed E-state index contributed by atoms with van der Waals surface area (Å²) >= 11 is 0. The van der Waals surface area contributed by atoms with Gasteiger partial charge >= 0.3 is 0 Å². The molecule has 0 aromatic heterocycles. The van der Waals surface area contributed by atoms with Gasteiger partial charge in [-0.3, -0.25) is 0 Å². The van der Waals surface area contributed by atoms with Gasteiger partial charge in [-0.15, -0.1) is 0 Å². The van der Waals surface area contributed by atoms with Crippen molar-refractivity contribution in [2.75, 3.05) is 7.11 Å². The van der Waals surface area contributed by atoms with Gasteiger partial charge in [-0.2, -0.15) is 0 Å². The topological polar surface area (TPSA) is 35.2 Å².